The molecule has 152 valence electrons. The molecule has 2 fully saturated rings. The third-order valence-electron chi connectivity index (χ3n) is 5.62. The third-order valence-corrected chi connectivity index (χ3v) is 5.62. The summed E-state index contributed by atoms with van der Waals surface area (Å²) in [7, 11) is 1.58. The Morgan fingerprint density at radius 3 is 2.45 bits per heavy atom. The quantitative estimate of drug-likeness (QED) is 0.725. The Bertz CT molecular complexity index is 897. The first-order valence-electron chi connectivity index (χ1n) is 9.77. The summed E-state index contributed by atoms with van der Waals surface area (Å²) in [5, 5.41) is 0. The van der Waals surface area contributed by atoms with Crippen LogP contribution in [-0.2, 0) is 16.1 Å². The van der Waals surface area contributed by atoms with Crippen molar-refractivity contribution < 1.29 is 18.7 Å². The standard InChI is InChI=1S/C22H24FN3O3/c1-29-20-8-7-17(23)13-16(20)15-24-9-11-25(12-10-24)19-14-21(27)26(22(19)28)18-5-3-2-4-6-18/h2-8,13,19H,9-12,14-15H2,1H3/t19-/m0/s1. The molecule has 4 rings (SSSR count). The van der Waals surface area contributed by atoms with Crippen molar-refractivity contribution in [3.05, 3.63) is 59.9 Å². The number of carbonyl (C=O) groups excluding carboxylic acids is 2. The molecule has 0 aromatic heterocycles. The van der Waals surface area contributed by atoms with Gasteiger partial charge in [-0.15, -0.1) is 0 Å². The van der Waals surface area contributed by atoms with Gasteiger partial charge >= 0.3 is 0 Å². The number of piperazine rings is 1. The molecule has 2 aromatic carbocycles. The van der Waals surface area contributed by atoms with Crippen molar-refractivity contribution in [2.24, 2.45) is 0 Å². The summed E-state index contributed by atoms with van der Waals surface area (Å²) in [6.45, 7) is 3.43. The van der Waals surface area contributed by atoms with Gasteiger partial charge in [0.2, 0.25) is 5.91 Å². The van der Waals surface area contributed by atoms with E-state index < -0.39 is 6.04 Å². The fraction of sp³-hybridized carbons (Fsp3) is 0.364. The zero-order chi connectivity index (χ0) is 20.4. The van der Waals surface area contributed by atoms with Crippen LogP contribution in [0.3, 0.4) is 0 Å². The molecule has 0 bridgehead atoms. The second kappa shape index (κ2) is 8.31. The average Bonchev–Trinajstić information content (AvgIpc) is 3.03. The maximum absolute atomic E-state index is 13.6. The van der Waals surface area contributed by atoms with Crippen molar-refractivity contribution in [2.45, 2.75) is 19.0 Å². The number of carbonyl (C=O) groups is 2. The highest BCUT2D eigenvalue weighted by atomic mass is 19.1. The molecular formula is C22H24FN3O3. The van der Waals surface area contributed by atoms with Gasteiger partial charge in [-0.25, -0.2) is 9.29 Å². The van der Waals surface area contributed by atoms with E-state index in [9.17, 15) is 14.0 Å². The minimum Gasteiger partial charge on any atom is -0.496 e. The summed E-state index contributed by atoms with van der Waals surface area (Å²) in [6.07, 6.45) is 0.214. The predicted molar refractivity (Wildman–Crippen MR) is 107 cm³/mol. The number of halogens is 1. The van der Waals surface area contributed by atoms with E-state index in [2.05, 4.69) is 9.80 Å². The zero-order valence-corrected chi connectivity index (χ0v) is 16.4. The summed E-state index contributed by atoms with van der Waals surface area (Å²) in [5.41, 5.74) is 1.44. The van der Waals surface area contributed by atoms with Crippen LogP contribution in [0.15, 0.2) is 48.5 Å². The van der Waals surface area contributed by atoms with E-state index in [0.29, 0.717) is 31.1 Å². The van der Waals surface area contributed by atoms with Gasteiger partial charge < -0.3 is 4.74 Å². The van der Waals surface area contributed by atoms with Crippen molar-refractivity contribution in [3.8, 4) is 5.75 Å². The normalized spacial score (nSPS) is 21.0. The van der Waals surface area contributed by atoms with Crippen LogP contribution in [0.2, 0.25) is 0 Å². The molecule has 2 saturated heterocycles. The summed E-state index contributed by atoms with van der Waals surface area (Å²) in [6, 6.07) is 13.2. The number of ether oxygens (including phenoxy) is 1. The molecular weight excluding hydrogens is 373 g/mol. The van der Waals surface area contributed by atoms with Crippen molar-refractivity contribution in [2.75, 3.05) is 38.2 Å². The molecule has 29 heavy (non-hydrogen) atoms. The molecule has 6 nitrogen and oxygen atoms in total. The smallest absolute Gasteiger partial charge is 0.251 e. The molecule has 0 N–H and O–H groups in total. The van der Waals surface area contributed by atoms with Crippen LogP contribution in [0, 0.1) is 5.82 Å². The first-order chi connectivity index (χ1) is 14.1. The monoisotopic (exact) mass is 397 g/mol. The largest absolute Gasteiger partial charge is 0.496 e. The maximum atomic E-state index is 13.6. The van der Waals surface area contributed by atoms with Crippen LogP contribution in [0.4, 0.5) is 10.1 Å². The van der Waals surface area contributed by atoms with Gasteiger partial charge in [0, 0.05) is 38.3 Å². The summed E-state index contributed by atoms with van der Waals surface area (Å²) in [4.78, 5) is 31.0. The molecule has 0 spiro atoms. The van der Waals surface area contributed by atoms with Gasteiger partial charge in [-0.1, -0.05) is 18.2 Å². The van der Waals surface area contributed by atoms with Gasteiger partial charge in [0.25, 0.3) is 5.91 Å². The van der Waals surface area contributed by atoms with Crippen LogP contribution in [0.25, 0.3) is 0 Å². The first kappa shape index (κ1) is 19.5. The average molecular weight is 397 g/mol. The van der Waals surface area contributed by atoms with E-state index in [1.54, 1.807) is 25.3 Å². The lowest BCUT2D eigenvalue weighted by molar-refractivity contribution is -0.123. The van der Waals surface area contributed by atoms with Crippen molar-refractivity contribution in [1.82, 2.24) is 9.80 Å². The third kappa shape index (κ3) is 4.02. The Balaban J connectivity index is 1.38. The van der Waals surface area contributed by atoms with Gasteiger partial charge in [-0.2, -0.15) is 0 Å². The number of anilines is 1. The van der Waals surface area contributed by atoms with Crippen LogP contribution in [-0.4, -0.2) is 60.9 Å². The van der Waals surface area contributed by atoms with Crippen molar-refractivity contribution in [1.29, 1.82) is 0 Å². The van der Waals surface area contributed by atoms with Gasteiger partial charge in [0.05, 0.1) is 25.3 Å². The lowest BCUT2D eigenvalue weighted by Gasteiger charge is -2.37. The number of rotatable bonds is 5. The first-order valence-corrected chi connectivity index (χ1v) is 9.77. The number of para-hydroxylation sites is 1. The maximum Gasteiger partial charge on any atom is 0.251 e. The number of imide groups is 1. The topological polar surface area (TPSA) is 53.1 Å². The Labute approximate surface area is 169 Å². The molecule has 0 radical (unpaired) electrons. The summed E-state index contributed by atoms with van der Waals surface area (Å²) < 4.78 is 18.9. The Kier molecular flexibility index (Phi) is 5.60. The van der Waals surface area contributed by atoms with Gasteiger partial charge in [0.15, 0.2) is 0 Å². The van der Waals surface area contributed by atoms with E-state index in [4.69, 9.17) is 4.74 Å². The van der Waals surface area contributed by atoms with E-state index in [1.165, 1.54) is 17.0 Å². The van der Waals surface area contributed by atoms with Crippen LogP contribution >= 0.6 is 0 Å². The highest BCUT2D eigenvalue weighted by Crippen LogP contribution is 2.27. The molecule has 1 atom stereocenters. The summed E-state index contributed by atoms with van der Waals surface area (Å²) in [5.74, 6) is 0.0824. The van der Waals surface area contributed by atoms with E-state index >= 15 is 0 Å². The number of hydrogen-bond donors (Lipinski definition) is 0. The van der Waals surface area contributed by atoms with Crippen LogP contribution in [0.1, 0.15) is 12.0 Å². The highest BCUT2D eigenvalue weighted by molar-refractivity contribution is 6.22. The minimum absolute atomic E-state index is 0.151. The Morgan fingerprint density at radius 2 is 1.76 bits per heavy atom. The fourth-order valence-corrected chi connectivity index (χ4v) is 4.09. The minimum atomic E-state index is -0.409. The van der Waals surface area contributed by atoms with Crippen LogP contribution < -0.4 is 9.64 Å². The number of methoxy groups -OCH3 is 1. The summed E-state index contributed by atoms with van der Waals surface area (Å²) >= 11 is 0. The molecule has 0 aliphatic carbocycles. The number of nitrogens with zero attached hydrogens (tertiary/aromatic N) is 3. The second-order valence-corrected chi connectivity index (χ2v) is 7.39. The van der Waals surface area contributed by atoms with E-state index in [-0.39, 0.29) is 24.1 Å². The second-order valence-electron chi connectivity index (χ2n) is 7.39. The van der Waals surface area contributed by atoms with Gasteiger partial charge in [-0.05, 0) is 30.3 Å². The Morgan fingerprint density at radius 1 is 1.03 bits per heavy atom. The molecule has 7 heteroatoms. The van der Waals surface area contributed by atoms with Gasteiger partial charge in [0.1, 0.15) is 11.6 Å². The molecule has 0 saturated carbocycles. The molecule has 2 aromatic rings. The molecule has 2 heterocycles. The van der Waals surface area contributed by atoms with Crippen molar-refractivity contribution >= 4 is 17.5 Å². The zero-order valence-electron chi connectivity index (χ0n) is 16.4. The fourth-order valence-electron chi connectivity index (χ4n) is 4.09. The van der Waals surface area contributed by atoms with E-state index in [0.717, 1.165) is 18.7 Å². The Hall–Kier alpha value is -2.77. The number of hydrogen-bond acceptors (Lipinski definition) is 5. The predicted octanol–water partition coefficient (Wildman–Crippen LogP) is 2.28. The highest BCUT2D eigenvalue weighted by Gasteiger charge is 2.43. The lowest BCUT2D eigenvalue weighted by Crippen LogP contribution is -2.52. The van der Waals surface area contributed by atoms with Crippen LogP contribution in [0.5, 0.6) is 5.75 Å². The molecule has 0 unspecified atom stereocenters. The SMILES string of the molecule is COc1ccc(F)cc1CN1CCN([C@H]2CC(=O)N(c3ccccc3)C2=O)CC1. The molecule has 2 amide bonds. The number of benzene rings is 2. The molecule has 2 aliphatic rings. The number of amides is 2. The van der Waals surface area contributed by atoms with Gasteiger partial charge in [-0.3, -0.25) is 19.4 Å². The van der Waals surface area contributed by atoms with E-state index in [1.807, 2.05) is 18.2 Å². The van der Waals surface area contributed by atoms with Crippen molar-refractivity contribution in [3.63, 3.8) is 0 Å². The lowest BCUT2D eigenvalue weighted by atomic mass is 10.1. The molecule has 2 aliphatic heterocycles.